The first-order valence-corrected chi connectivity index (χ1v) is 5.62. The summed E-state index contributed by atoms with van der Waals surface area (Å²) in [5.74, 6) is 0. The monoisotopic (exact) mass is 210 g/mol. The molecule has 1 aliphatic heterocycles. The zero-order valence-electron chi connectivity index (χ0n) is 10.3. The second-order valence-corrected chi connectivity index (χ2v) is 5.63. The van der Waals surface area contributed by atoms with Crippen LogP contribution in [0, 0.1) is 16.7 Å². The highest BCUT2D eigenvalue weighted by Crippen LogP contribution is 2.22. The predicted molar refractivity (Wildman–Crippen MR) is 60.5 cm³/mol. The highest BCUT2D eigenvalue weighted by atomic mass is 16.5. The van der Waals surface area contributed by atoms with Crippen LogP contribution < -0.4 is 0 Å². The Morgan fingerprint density at radius 2 is 2.13 bits per heavy atom. The number of nitriles is 1. The average molecular weight is 210 g/mol. The van der Waals surface area contributed by atoms with Crippen LogP contribution in [0.25, 0.3) is 0 Å². The van der Waals surface area contributed by atoms with Gasteiger partial charge in [0.2, 0.25) is 0 Å². The van der Waals surface area contributed by atoms with E-state index < -0.39 is 0 Å². The minimum absolute atomic E-state index is 0.0327. The van der Waals surface area contributed by atoms with Crippen LogP contribution in [-0.2, 0) is 4.74 Å². The van der Waals surface area contributed by atoms with Crippen molar-refractivity contribution in [1.29, 1.82) is 5.26 Å². The van der Waals surface area contributed by atoms with Gasteiger partial charge in [0.25, 0.3) is 0 Å². The molecule has 0 unspecified atom stereocenters. The molecule has 0 amide bonds. The van der Waals surface area contributed by atoms with Gasteiger partial charge in [-0.3, -0.25) is 4.90 Å². The molecule has 3 heteroatoms. The predicted octanol–water partition coefficient (Wildman–Crippen LogP) is 2.04. The van der Waals surface area contributed by atoms with Crippen molar-refractivity contribution in [2.45, 2.75) is 39.7 Å². The summed E-state index contributed by atoms with van der Waals surface area (Å²) in [5.41, 5.74) is -0.239. The third-order valence-corrected chi connectivity index (χ3v) is 2.86. The van der Waals surface area contributed by atoms with Gasteiger partial charge in [-0.2, -0.15) is 5.26 Å². The SMILES string of the molecule is CC(C)(C#N)CCN1CCOC(C)(C)C1. The van der Waals surface area contributed by atoms with E-state index in [2.05, 4.69) is 24.8 Å². The van der Waals surface area contributed by atoms with Crippen molar-refractivity contribution < 1.29 is 4.74 Å². The third kappa shape index (κ3) is 4.19. The molecule has 1 aliphatic rings. The summed E-state index contributed by atoms with van der Waals surface area (Å²) < 4.78 is 5.65. The van der Waals surface area contributed by atoms with E-state index >= 15 is 0 Å². The zero-order chi connectivity index (χ0) is 11.5. The van der Waals surface area contributed by atoms with Gasteiger partial charge in [-0.1, -0.05) is 0 Å². The average Bonchev–Trinajstić information content (AvgIpc) is 2.14. The molecule has 15 heavy (non-hydrogen) atoms. The molecule has 0 atom stereocenters. The van der Waals surface area contributed by atoms with Crippen LogP contribution >= 0.6 is 0 Å². The van der Waals surface area contributed by atoms with Gasteiger partial charge in [0, 0.05) is 13.1 Å². The number of ether oxygens (including phenoxy) is 1. The van der Waals surface area contributed by atoms with Gasteiger partial charge < -0.3 is 4.74 Å². The number of hydrogen-bond donors (Lipinski definition) is 0. The van der Waals surface area contributed by atoms with Crippen LogP contribution in [-0.4, -0.2) is 36.7 Å². The first-order valence-electron chi connectivity index (χ1n) is 5.62. The lowest BCUT2D eigenvalue weighted by molar-refractivity contribution is -0.0871. The molecule has 0 saturated carbocycles. The van der Waals surface area contributed by atoms with E-state index in [1.807, 2.05) is 13.8 Å². The van der Waals surface area contributed by atoms with E-state index in [-0.39, 0.29) is 11.0 Å². The van der Waals surface area contributed by atoms with E-state index in [1.165, 1.54) is 0 Å². The molecule has 1 heterocycles. The fraction of sp³-hybridized carbons (Fsp3) is 0.917. The van der Waals surface area contributed by atoms with Crippen LogP contribution in [0.2, 0.25) is 0 Å². The Labute approximate surface area is 93.0 Å². The normalized spacial score (nSPS) is 22.3. The van der Waals surface area contributed by atoms with Gasteiger partial charge in [-0.15, -0.1) is 0 Å². The smallest absolute Gasteiger partial charge is 0.0753 e. The molecule has 0 radical (unpaired) electrons. The third-order valence-electron chi connectivity index (χ3n) is 2.86. The van der Waals surface area contributed by atoms with E-state index in [0.29, 0.717) is 0 Å². The minimum atomic E-state index is -0.206. The maximum atomic E-state index is 8.93. The van der Waals surface area contributed by atoms with Crippen LogP contribution in [0.15, 0.2) is 0 Å². The number of hydrogen-bond acceptors (Lipinski definition) is 3. The van der Waals surface area contributed by atoms with Gasteiger partial charge in [-0.25, -0.2) is 0 Å². The molecule has 0 bridgehead atoms. The maximum Gasteiger partial charge on any atom is 0.0753 e. The van der Waals surface area contributed by atoms with Gasteiger partial charge in [-0.05, 0) is 40.7 Å². The van der Waals surface area contributed by atoms with Gasteiger partial charge in [0.1, 0.15) is 0 Å². The summed E-state index contributed by atoms with van der Waals surface area (Å²) in [6.07, 6.45) is 0.930. The lowest BCUT2D eigenvalue weighted by Crippen LogP contribution is -2.48. The minimum Gasteiger partial charge on any atom is -0.373 e. The Morgan fingerprint density at radius 3 is 2.67 bits per heavy atom. The Hall–Kier alpha value is -0.590. The first kappa shape index (κ1) is 12.5. The zero-order valence-corrected chi connectivity index (χ0v) is 10.3. The van der Waals surface area contributed by atoms with Crippen molar-refractivity contribution >= 4 is 0 Å². The van der Waals surface area contributed by atoms with Crippen LogP contribution in [0.1, 0.15) is 34.1 Å². The fourth-order valence-corrected chi connectivity index (χ4v) is 1.80. The van der Waals surface area contributed by atoms with Crippen molar-refractivity contribution in [1.82, 2.24) is 4.90 Å². The quantitative estimate of drug-likeness (QED) is 0.715. The molecule has 86 valence electrons. The van der Waals surface area contributed by atoms with E-state index in [0.717, 1.165) is 32.7 Å². The Bertz CT molecular complexity index is 253. The van der Waals surface area contributed by atoms with Gasteiger partial charge in [0.15, 0.2) is 0 Å². The van der Waals surface area contributed by atoms with Crippen LogP contribution in [0.5, 0.6) is 0 Å². The Kier molecular flexibility index (Phi) is 3.75. The highest BCUT2D eigenvalue weighted by molar-refractivity contribution is 4.92. The van der Waals surface area contributed by atoms with Crippen molar-refractivity contribution in [3.63, 3.8) is 0 Å². The molecule has 1 fully saturated rings. The molecule has 0 aromatic heterocycles. The molecule has 0 aromatic carbocycles. The number of nitrogens with zero attached hydrogens (tertiary/aromatic N) is 2. The topological polar surface area (TPSA) is 36.3 Å². The number of morpholine rings is 1. The van der Waals surface area contributed by atoms with Crippen molar-refractivity contribution in [3.8, 4) is 6.07 Å². The second-order valence-electron chi connectivity index (χ2n) is 5.63. The van der Waals surface area contributed by atoms with Crippen LogP contribution in [0.4, 0.5) is 0 Å². The molecule has 0 N–H and O–H groups in total. The highest BCUT2D eigenvalue weighted by Gasteiger charge is 2.28. The van der Waals surface area contributed by atoms with E-state index in [1.54, 1.807) is 0 Å². The number of rotatable bonds is 3. The summed E-state index contributed by atoms with van der Waals surface area (Å²) in [5, 5.41) is 8.93. The lowest BCUT2D eigenvalue weighted by atomic mass is 9.91. The molecule has 1 saturated heterocycles. The molecular formula is C12H22N2O. The summed E-state index contributed by atoms with van der Waals surface area (Å²) >= 11 is 0. The molecule has 1 rings (SSSR count). The molecule has 0 aromatic rings. The first-order chi connectivity index (χ1) is 6.85. The lowest BCUT2D eigenvalue weighted by Gasteiger charge is -2.38. The van der Waals surface area contributed by atoms with E-state index in [9.17, 15) is 0 Å². The molecule has 0 aliphatic carbocycles. The standard InChI is InChI=1S/C12H22N2O/c1-11(2,9-13)5-6-14-7-8-15-12(3,4)10-14/h5-8,10H2,1-4H3. The van der Waals surface area contributed by atoms with Gasteiger partial charge in [0.05, 0.1) is 23.7 Å². The van der Waals surface area contributed by atoms with Crippen molar-refractivity contribution in [2.24, 2.45) is 5.41 Å². The molecule has 3 nitrogen and oxygen atoms in total. The Morgan fingerprint density at radius 1 is 1.47 bits per heavy atom. The summed E-state index contributed by atoms with van der Waals surface area (Å²) in [7, 11) is 0. The van der Waals surface area contributed by atoms with Crippen molar-refractivity contribution in [2.75, 3.05) is 26.2 Å². The Balaban J connectivity index is 2.37. The van der Waals surface area contributed by atoms with Crippen LogP contribution in [0.3, 0.4) is 0 Å². The molecular weight excluding hydrogens is 188 g/mol. The van der Waals surface area contributed by atoms with Crippen molar-refractivity contribution in [3.05, 3.63) is 0 Å². The summed E-state index contributed by atoms with van der Waals surface area (Å²) in [6.45, 7) is 12.0. The summed E-state index contributed by atoms with van der Waals surface area (Å²) in [4.78, 5) is 2.39. The van der Waals surface area contributed by atoms with Gasteiger partial charge >= 0.3 is 0 Å². The second kappa shape index (κ2) is 4.51. The largest absolute Gasteiger partial charge is 0.373 e. The van der Waals surface area contributed by atoms with E-state index in [4.69, 9.17) is 10.00 Å². The molecule has 0 spiro atoms. The fourth-order valence-electron chi connectivity index (χ4n) is 1.80. The maximum absolute atomic E-state index is 8.93. The summed E-state index contributed by atoms with van der Waals surface area (Å²) in [6, 6.07) is 2.34.